The molecule has 1 heteroatoms. The quantitative estimate of drug-likeness (QED) is 0.229. The van der Waals surface area contributed by atoms with E-state index in [2.05, 4.69) is 161 Å². The molecule has 6 rings (SSSR count). The molecule has 5 aromatic rings. The number of anilines is 3. The van der Waals surface area contributed by atoms with Crippen LogP contribution in [0, 0.1) is 19.3 Å². The van der Waals surface area contributed by atoms with Crippen LogP contribution in [0.25, 0.3) is 0 Å². The molecule has 39 heavy (non-hydrogen) atoms. The van der Waals surface area contributed by atoms with Gasteiger partial charge in [0, 0.05) is 5.69 Å². The van der Waals surface area contributed by atoms with Crippen molar-refractivity contribution in [2.75, 3.05) is 4.90 Å². The molecular formula is C38H37N. The second-order valence-corrected chi connectivity index (χ2v) is 12.3. The van der Waals surface area contributed by atoms with E-state index in [-0.39, 0.29) is 5.41 Å². The van der Waals surface area contributed by atoms with Crippen LogP contribution in [-0.4, -0.2) is 0 Å². The Balaban J connectivity index is 1.76. The Labute approximate surface area is 233 Å². The van der Waals surface area contributed by atoms with Gasteiger partial charge in [0.25, 0.3) is 0 Å². The number of aryl methyl sites for hydroxylation is 2. The van der Waals surface area contributed by atoms with E-state index in [1.54, 1.807) is 0 Å². The molecule has 0 spiro atoms. The van der Waals surface area contributed by atoms with E-state index < -0.39 is 5.41 Å². The summed E-state index contributed by atoms with van der Waals surface area (Å²) < 4.78 is 0. The van der Waals surface area contributed by atoms with Crippen LogP contribution in [0.4, 0.5) is 17.1 Å². The zero-order chi connectivity index (χ0) is 27.2. The molecule has 1 heterocycles. The van der Waals surface area contributed by atoms with Gasteiger partial charge in [-0.3, -0.25) is 0 Å². The topological polar surface area (TPSA) is 3.24 Å². The summed E-state index contributed by atoms with van der Waals surface area (Å²) in [6.07, 6.45) is 1.03. The molecule has 0 atom stereocenters. The van der Waals surface area contributed by atoms with Crippen molar-refractivity contribution in [2.45, 2.75) is 46.5 Å². The third kappa shape index (κ3) is 4.36. The molecule has 1 aliphatic heterocycles. The molecule has 0 radical (unpaired) electrons. The van der Waals surface area contributed by atoms with Crippen LogP contribution >= 0.6 is 0 Å². The van der Waals surface area contributed by atoms with Crippen LogP contribution in [0.5, 0.6) is 0 Å². The average molecular weight is 508 g/mol. The van der Waals surface area contributed by atoms with Crippen molar-refractivity contribution in [3.8, 4) is 0 Å². The van der Waals surface area contributed by atoms with Crippen molar-refractivity contribution in [2.24, 2.45) is 5.41 Å². The van der Waals surface area contributed by atoms with Gasteiger partial charge < -0.3 is 4.90 Å². The maximum Gasteiger partial charge on any atom is 0.0742 e. The third-order valence-corrected chi connectivity index (χ3v) is 7.91. The minimum absolute atomic E-state index is 0.207. The molecule has 194 valence electrons. The molecule has 0 fully saturated rings. The highest BCUT2D eigenvalue weighted by Crippen LogP contribution is 2.58. The molecule has 0 saturated carbocycles. The van der Waals surface area contributed by atoms with Crippen molar-refractivity contribution in [3.05, 3.63) is 160 Å². The smallest absolute Gasteiger partial charge is 0.0742 e. The van der Waals surface area contributed by atoms with Gasteiger partial charge in [-0.05, 0) is 77.8 Å². The molecule has 0 saturated heterocycles. The van der Waals surface area contributed by atoms with E-state index in [1.165, 1.54) is 56.0 Å². The van der Waals surface area contributed by atoms with E-state index in [1.807, 2.05) is 0 Å². The van der Waals surface area contributed by atoms with Crippen LogP contribution in [0.3, 0.4) is 0 Å². The zero-order valence-corrected chi connectivity index (χ0v) is 23.7. The molecule has 0 bridgehead atoms. The Bertz CT molecular complexity index is 1570. The van der Waals surface area contributed by atoms with Crippen molar-refractivity contribution in [1.82, 2.24) is 0 Å². The molecule has 1 nitrogen and oxygen atoms in total. The summed E-state index contributed by atoms with van der Waals surface area (Å²) in [5.74, 6) is 0. The average Bonchev–Trinajstić information content (AvgIpc) is 2.92. The van der Waals surface area contributed by atoms with Crippen LogP contribution in [0.2, 0.25) is 0 Å². The Morgan fingerprint density at radius 2 is 1.10 bits per heavy atom. The molecule has 1 aliphatic rings. The van der Waals surface area contributed by atoms with Crippen LogP contribution in [-0.2, 0) is 11.8 Å². The fourth-order valence-corrected chi connectivity index (χ4v) is 6.42. The first-order valence-corrected chi connectivity index (χ1v) is 14.0. The van der Waals surface area contributed by atoms with Crippen molar-refractivity contribution < 1.29 is 0 Å². The molecule has 0 unspecified atom stereocenters. The molecule has 0 aliphatic carbocycles. The normalized spacial score (nSPS) is 14.0. The fourth-order valence-electron chi connectivity index (χ4n) is 6.42. The summed E-state index contributed by atoms with van der Waals surface area (Å²) in [4.78, 5) is 2.45. The minimum atomic E-state index is -0.455. The lowest BCUT2D eigenvalue weighted by atomic mass is 9.61. The van der Waals surface area contributed by atoms with Gasteiger partial charge >= 0.3 is 0 Å². The highest BCUT2D eigenvalue weighted by Gasteiger charge is 2.46. The number of para-hydroxylation sites is 1. The van der Waals surface area contributed by atoms with Crippen molar-refractivity contribution >= 4 is 17.1 Å². The van der Waals surface area contributed by atoms with Gasteiger partial charge in [-0.1, -0.05) is 129 Å². The summed E-state index contributed by atoms with van der Waals surface area (Å²) in [5.41, 5.74) is 12.6. The number of benzene rings is 5. The number of hydrogen-bond acceptors (Lipinski definition) is 1. The Morgan fingerprint density at radius 3 is 1.67 bits per heavy atom. The summed E-state index contributed by atoms with van der Waals surface area (Å²) in [6.45, 7) is 11.4. The SMILES string of the molecule is Cc1ccc2c(c1)C(c1ccccc1)(c1cccc(CC(C)(C)C)c1)c1cc(C)ccc1N2c1ccccc1. The predicted molar refractivity (Wildman–Crippen MR) is 166 cm³/mol. The molecular weight excluding hydrogens is 470 g/mol. The lowest BCUT2D eigenvalue weighted by Gasteiger charge is -2.47. The van der Waals surface area contributed by atoms with Gasteiger partial charge in [0.15, 0.2) is 0 Å². The van der Waals surface area contributed by atoms with Crippen molar-refractivity contribution in [3.63, 3.8) is 0 Å². The van der Waals surface area contributed by atoms with Crippen LogP contribution in [0.15, 0.2) is 121 Å². The first-order valence-electron chi connectivity index (χ1n) is 14.0. The lowest BCUT2D eigenvalue weighted by molar-refractivity contribution is 0.411. The first kappa shape index (κ1) is 25.2. The number of fused-ring (bicyclic) bond motifs is 2. The molecule has 0 N–H and O–H groups in total. The van der Waals surface area contributed by atoms with Crippen LogP contribution < -0.4 is 4.90 Å². The maximum absolute atomic E-state index is 2.47. The second-order valence-electron chi connectivity index (χ2n) is 12.3. The van der Waals surface area contributed by atoms with Gasteiger partial charge in [0.05, 0.1) is 16.8 Å². The molecule has 0 aromatic heterocycles. The van der Waals surface area contributed by atoms with E-state index in [0.717, 1.165) is 6.42 Å². The van der Waals surface area contributed by atoms with E-state index in [9.17, 15) is 0 Å². The highest BCUT2D eigenvalue weighted by atomic mass is 15.2. The fraction of sp³-hybridized carbons (Fsp3) is 0.211. The maximum atomic E-state index is 2.47. The van der Waals surface area contributed by atoms with Gasteiger partial charge in [0.2, 0.25) is 0 Å². The van der Waals surface area contributed by atoms with Gasteiger partial charge in [-0.2, -0.15) is 0 Å². The first-order chi connectivity index (χ1) is 18.8. The van der Waals surface area contributed by atoms with E-state index >= 15 is 0 Å². The number of hydrogen-bond donors (Lipinski definition) is 0. The minimum Gasteiger partial charge on any atom is -0.310 e. The molecule has 0 amide bonds. The third-order valence-electron chi connectivity index (χ3n) is 7.91. The van der Waals surface area contributed by atoms with E-state index in [4.69, 9.17) is 0 Å². The largest absolute Gasteiger partial charge is 0.310 e. The van der Waals surface area contributed by atoms with E-state index in [0.29, 0.717) is 0 Å². The Hall–Kier alpha value is -4.10. The highest BCUT2D eigenvalue weighted by molar-refractivity contribution is 5.89. The number of nitrogens with zero attached hydrogens (tertiary/aromatic N) is 1. The predicted octanol–water partition coefficient (Wildman–Crippen LogP) is 10.1. The standard InChI is InChI=1S/C38H37N/c1-27-19-21-35-33(23-27)38(30-14-8-6-9-15-30,31-16-12-13-29(25-31)26-37(3,4)5)34-24-28(2)20-22-36(34)39(35)32-17-10-7-11-18-32/h6-25H,26H2,1-5H3. The monoisotopic (exact) mass is 507 g/mol. The summed E-state index contributed by atoms with van der Waals surface area (Å²) in [5, 5.41) is 0. The number of rotatable bonds is 4. The lowest BCUT2D eigenvalue weighted by Crippen LogP contribution is -2.38. The Morgan fingerprint density at radius 1 is 0.564 bits per heavy atom. The summed E-state index contributed by atoms with van der Waals surface area (Å²) >= 11 is 0. The summed E-state index contributed by atoms with van der Waals surface area (Å²) in [7, 11) is 0. The second kappa shape index (κ2) is 9.58. The zero-order valence-electron chi connectivity index (χ0n) is 23.7. The van der Waals surface area contributed by atoms with Gasteiger partial charge in [0.1, 0.15) is 0 Å². The van der Waals surface area contributed by atoms with Crippen molar-refractivity contribution in [1.29, 1.82) is 0 Å². The van der Waals surface area contributed by atoms with Gasteiger partial charge in [-0.15, -0.1) is 0 Å². The van der Waals surface area contributed by atoms with Gasteiger partial charge in [-0.25, -0.2) is 0 Å². The summed E-state index contributed by atoms with van der Waals surface area (Å²) in [6, 6.07) is 45.2. The van der Waals surface area contributed by atoms with Crippen LogP contribution in [0.1, 0.15) is 59.7 Å². The molecule has 5 aromatic carbocycles. The Kier molecular flexibility index (Phi) is 6.19.